The van der Waals surface area contributed by atoms with Crippen LogP contribution in [-0.4, -0.2) is 24.7 Å². The molecule has 0 saturated heterocycles. The highest BCUT2D eigenvalue weighted by atomic mass is 35.5. The summed E-state index contributed by atoms with van der Waals surface area (Å²) in [4.78, 5) is 33.6. The summed E-state index contributed by atoms with van der Waals surface area (Å²) in [5, 5.41) is 1.88. The van der Waals surface area contributed by atoms with Crippen molar-refractivity contribution in [3.8, 4) is 0 Å². The molecule has 0 aliphatic rings. The molecule has 0 saturated carbocycles. The maximum Gasteiger partial charge on any atom is 0.359 e. The number of fused-ring (bicyclic) bond motifs is 2. The Labute approximate surface area is 150 Å². The molecular formula is C16H11ClN4O3S. The number of aryl methyl sites for hydroxylation is 1. The fourth-order valence-electron chi connectivity index (χ4n) is 2.59. The highest BCUT2D eigenvalue weighted by Gasteiger charge is 2.20. The Morgan fingerprint density at radius 2 is 2.20 bits per heavy atom. The van der Waals surface area contributed by atoms with E-state index in [1.807, 2.05) is 19.1 Å². The van der Waals surface area contributed by atoms with Crippen molar-refractivity contribution in [2.75, 3.05) is 0 Å². The van der Waals surface area contributed by atoms with Crippen LogP contribution in [0, 0.1) is 6.92 Å². The van der Waals surface area contributed by atoms with Gasteiger partial charge in [-0.2, -0.15) is 0 Å². The molecule has 126 valence electrons. The minimum atomic E-state index is -0.623. The third kappa shape index (κ3) is 2.69. The Hall–Kier alpha value is -2.71. The predicted molar refractivity (Wildman–Crippen MR) is 93.4 cm³/mol. The molecule has 9 heteroatoms. The monoisotopic (exact) mass is 374 g/mol. The lowest BCUT2D eigenvalue weighted by Crippen LogP contribution is -2.18. The first-order valence-corrected chi connectivity index (χ1v) is 8.57. The van der Waals surface area contributed by atoms with Crippen molar-refractivity contribution < 1.29 is 9.53 Å². The van der Waals surface area contributed by atoms with E-state index >= 15 is 0 Å². The first-order valence-electron chi connectivity index (χ1n) is 7.31. The fourth-order valence-corrected chi connectivity index (χ4v) is 3.60. The third-order valence-electron chi connectivity index (χ3n) is 3.70. The Balaban J connectivity index is 1.62. The molecule has 0 unspecified atom stereocenters. The SMILES string of the molecule is Cc1cccc2nc(COC(=O)c3c(Cl)nc4sccn34)cc(=O)n12. The van der Waals surface area contributed by atoms with Crippen molar-refractivity contribution in [2.24, 2.45) is 0 Å². The van der Waals surface area contributed by atoms with E-state index in [1.54, 1.807) is 22.0 Å². The summed E-state index contributed by atoms with van der Waals surface area (Å²) in [6.07, 6.45) is 1.69. The molecule has 0 amide bonds. The van der Waals surface area contributed by atoms with Crippen molar-refractivity contribution in [1.82, 2.24) is 18.8 Å². The summed E-state index contributed by atoms with van der Waals surface area (Å²) in [5.41, 5.74) is 1.58. The van der Waals surface area contributed by atoms with Crippen LogP contribution in [0.3, 0.4) is 0 Å². The Bertz CT molecular complexity index is 1180. The number of carbonyl (C=O) groups excluding carboxylic acids is 1. The van der Waals surface area contributed by atoms with E-state index in [2.05, 4.69) is 9.97 Å². The molecule has 0 aromatic carbocycles. The number of pyridine rings is 1. The van der Waals surface area contributed by atoms with Crippen molar-refractivity contribution in [1.29, 1.82) is 0 Å². The largest absolute Gasteiger partial charge is 0.454 e. The number of carbonyl (C=O) groups is 1. The van der Waals surface area contributed by atoms with E-state index in [-0.39, 0.29) is 23.0 Å². The number of esters is 1. The van der Waals surface area contributed by atoms with Gasteiger partial charge >= 0.3 is 5.97 Å². The number of rotatable bonds is 3. The highest BCUT2D eigenvalue weighted by Crippen LogP contribution is 2.22. The number of nitrogens with zero attached hydrogens (tertiary/aromatic N) is 4. The van der Waals surface area contributed by atoms with E-state index in [4.69, 9.17) is 16.3 Å². The van der Waals surface area contributed by atoms with Crippen LogP contribution in [0.25, 0.3) is 10.6 Å². The van der Waals surface area contributed by atoms with Gasteiger partial charge in [0.2, 0.25) is 0 Å². The van der Waals surface area contributed by atoms with E-state index in [9.17, 15) is 9.59 Å². The van der Waals surface area contributed by atoms with Gasteiger partial charge in [0, 0.05) is 23.3 Å². The predicted octanol–water partition coefficient (Wildman–Crippen LogP) is 2.72. The summed E-state index contributed by atoms with van der Waals surface area (Å²) in [7, 11) is 0. The van der Waals surface area contributed by atoms with Crippen LogP contribution in [0.4, 0.5) is 0 Å². The first kappa shape index (κ1) is 15.8. The quantitative estimate of drug-likeness (QED) is 0.515. The van der Waals surface area contributed by atoms with Gasteiger partial charge in [-0.1, -0.05) is 17.7 Å². The molecule has 0 spiro atoms. The second-order valence-electron chi connectivity index (χ2n) is 5.33. The summed E-state index contributed by atoms with van der Waals surface area (Å²) in [5.74, 6) is -0.623. The summed E-state index contributed by atoms with van der Waals surface area (Å²) in [6, 6.07) is 6.71. The van der Waals surface area contributed by atoms with E-state index in [1.165, 1.54) is 21.8 Å². The van der Waals surface area contributed by atoms with Gasteiger partial charge in [0.1, 0.15) is 12.3 Å². The zero-order chi connectivity index (χ0) is 17.6. The van der Waals surface area contributed by atoms with E-state index in [0.717, 1.165) is 5.69 Å². The smallest absolute Gasteiger partial charge is 0.359 e. The lowest BCUT2D eigenvalue weighted by molar-refractivity contribution is 0.0460. The molecule has 0 bridgehead atoms. The molecule has 0 N–H and O–H groups in total. The molecule has 4 rings (SSSR count). The lowest BCUT2D eigenvalue weighted by Gasteiger charge is -2.07. The van der Waals surface area contributed by atoms with Crippen LogP contribution >= 0.6 is 22.9 Å². The number of thiazole rings is 1. The number of halogens is 1. The van der Waals surface area contributed by atoms with Crippen molar-refractivity contribution >= 4 is 39.5 Å². The normalized spacial score (nSPS) is 11.3. The highest BCUT2D eigenvalue weighted by molar-refractivity contribution is 7.15. The summed E-state index contributed by atoms with van der Waals surface area (Å²) in [6.45, 7) is 1.69. The maximum atomic E-state index is 12.3. The molecule has 0 aliphatic heterocycles. The average molecular weight is 375 g/mol. The average Bonchev–Trinajstić information content (AvgIpc) is 3.12. The minimum Gasteiger partial charge on any atom is -0.454 e. The second kappa shape index (κ2) is 5.98. The Kier molecular flexibility index (Phi) is 3.78. The van der Waals surface area contributed by atoms with Gasteiger partial charge < -0.3 is 4.74 Å². The van der Waals surface area contributed by atoms with Crippen LogP contribution in [0.1, 0.15) is 21.9 Å². The van der Waals surface area contributed by atoms with Gasteiger partial charge in [-0.15, -0.1) is 11.3 Å². The third-order valence-corrected chi connectivity index (χ3v) is 4.72. The number of hydrogen-bond donors (Lipinski definition) is 0. The second-order valence-corrected chi connectivity index (χ2v) is 6.56. The summed E-state index contributed by atoms with van der Waals surface area (Å²) >= 11 is 7.37. The maximum absolute atomic E-state index is 12.3. The zero-order valence-electron chi connectivity index (χ0n) is 13.0. The molecule has 0 atom stereocenters. The number of aromatic nitrogens is 4. The Morgan fingerprint density at radius 1 is 1.36 bits per heavy atom. The first-order chi connectivity index (χ1) is 12.0. The van der Waals surface area contributed by atoms with Crippen molar-refractivity contribution in [2.45, 2.75) is 13.5 Å². The van der Waals surface area contributed by atoms with E-state index in [0.29, 0.717) is 16.3 Å². The molecule has 0 fully saturated rings. The standard InChI is InChI=1S/C16H11ClN4O3S/c1-9-3-2-4-11-18-10(7-12(22)21(9)11)8-24-15(23)13-14(17)19-16-20(13)5-6-25-16/h2-7H,8H2,1H3. The molecule has 4 aromatic rings. The van der Waals surface area contributed by atoms with Crippen LogP contribution in [-0.2, 0) is 11.3 Å². The van der Waals surface area contributed by atoms with Gasteiger partial charge in [-0.3, -0.25) is 13.6 Å². The minimum absolute atomic E-state index is 0.0824. The van der Waals surface area contributed by atoms with Crippen molar-refractivity contribution in [3.63, 3.8) is 0 Å². The fraction of sp³-hybridized carbons (Fsp3) is 0.125. The number of ether oxygens (including phenoxy) is 1. The lowest BCUT2D eigenvalue weighted by atomic mass is 10.3. The summed E-state index contributed by atoms with van der Waals surface area (Å²) < 4.78 is 8.34. The molecule has 7 nitrogen and oxygen atoms in total. The number of imidazole rings is 1. The van der Waals surface area contributed by atoms with Crippen molar-refractivity contribution in [3.05, 3.63) is 68.4 Å². The molecule has 4 aromatic heterocycles. The van der Waals surface area contributed by atoms with Crippen LogP contribution in [0.2, 0.25) is 5.15 Å². The number of hydrogen-bond acceptors (Lipinski definition) is 6. The van der Waals surface area contributed by atoms with E-state index < -0.39 is 5.97 Å². The Morgan fingerprint density at radius 3 is 3.04 bits per heavy atom. The topological polar surface area (TPSA) is 78.0 Å². The molecule has 0 radical (unpaired) electrons. The van der Waals surface area contributed by atoms with Gasteiger partial charge in [0.25, 0.3) is 5.56 Å². The molecular weight excluding hydrogens is 364 g/mol. The zero-order valence-corrected chi connectivity index (χ0v) is 14.5. The van der Waals surface area contributed by atoms with Crippen LogP contribution < -0.4 is 5.56 Å². The van der Waals surface area contributed by atoms with Crippen LogP contribution in [0.15, 0.2) is 40.6 Å². The molecule has 4 heterocycles. The molecule has 25 heavy (non-hydrogen) atoms. The van der Waals surface area contributed by atoms with Gasteiger partial charge in [0.15, 0.2) is 15.8 Å². The molecule has 0 aliphatic carbocycles. The van der Waals surface area contributed by atoms with Crippen LogP contribution in [0.5, 0.6) is 0 Å². The van der Waals surface area contributed by atoms with Gasteiger partial charge in [0.05, 0.1) is 5.69 Å². The van der Waals surface area contributed by atoms with Gasteiger partial charge in [-0.05, 0) is 19.1 Å². The van der Waals surface area contributed by atoms with Gasteiger partial charge in [-0.25, -0.2) is 14.8 Å².